The Balaban J connectivity index is 1.26. The van der Waals surface area contributed by atoms with Gasteiger partial charge in [-0.15, -0.1) is 0 Å². The van der Waals surface area contributed by atoms with E-state index in [1.54, 1.807) is 24.3 Å². The van der Waals surface area contributed by atoms with Crippen molar-refractivity contribution in [1.82, 2.24) is 0 Å². The lowest BCUT2D eigenvalue weighted by Crippen LogP contribution is -2.33. The van der Waals surface area contributed by atoms with Crippen LogP contribution in [0.15, 0.2) is 78.9 Å². The third kappa shape index (κ3) is 3.18. The van der Waals surface area contributed by atoms with Gasteiger partial charge in [0.05, 0.1) is 17.5 Å². The van der Waals surface area contributed by atoms with Gasteiger partial charge in [-0.25, -0.2) is 0 Å². The molecule has 5 nitrogen and oxygen atoms in total. The van der Waals surface area contributed by atoms with E-state index in [9.17, 15) is 14.4 Å². The minimum atomic E-state index is -0.264. The predicted molar refractivity (Wildman–Crippen MR) is 130 cm³/mol. The number of benzene rings is 3. The molecule has 6 rings (SSSR count). The molecule has 3 fully saturated rings. The largest absolute Gasteiger partial charge is 0.322 e. The molecule has 2 bridgehead atoms. The summed E-state index contributed by atoms with van der Waals surface area (Å²) in [7, 11) is 0. The predicted octanol–water partition coefficient (Wildman–Crippen LogP) is 5.18. The molecule has 1 aliphatic heterocycles. The van der Waals surface area contributed by atoms with E-state index in [1.807, 2.05) is 49.4 Å². The van der Waals surface area contributed by atoms with Gasteiger partial charge in [0.15, 0.2) is 0 Å². The van der Waals surface area contributed by atoms with Gasteiger partial charge in [-0.2, -0.15) is 0 Å². The maximum Gasteiger partial charge on any atom is 0.255 e. The Morgan fingerprint density at radius 3 is 2.38 bits per heavy atom. The van der Waals surface area contributed by atoms with Crippen LogP contribution < -0.4 is 10.2 Å². The molecule has 0 radical (unpaired) electrons. The number of carbonyl (C=O) groups is 3. The second-order valence-electron chi connectivity index (χ2n) is 9.80. The zero-order chi connectivity index (χ0) is 23.4. The molecule has 2 saturated carbocycles. The zero-order valence-electron chi connectivity index (χ0n) is 19.0. The fourth-order valence-electron chi connectivity index (χ4n) is 6.49. The van der Waals surface area contributed by atoms with E-state index in [0.717, 1.165) is 24.1 Å². The molecular formula is C29H26N2O3. The maximum absolute atomic E-state index is 13.6. The van der Waals surface area contributed by atoms with Gasteiger partial charge in [0.2, 0.25) is 11.8 Å². The van der Waals surface area contributed by atoms with Gasteiger partial charge in [-0.1, -0.05) is 54.6 Å². The molecule has 3 aromatic carbocycles. The van der Waals surface area contributed by atoms with Gasteiger partial charge >= 0.3 is 0 Å². The van der Waals surface area contributed by atoms with E-state index in [0.29, 0.717) is 17.2 Å². The molecule has 1 N–H and O–H groups in total. The van der Waals surface area contributed by atoms with Crippen LogP contribution in [0.4, 0.5) is 11.4 Å². The summed E-state index contributed by atoms with van der Waals surface area (Å²) in [4.78, 5) is 41.3. The van der Waals surface area contributed by atoms with Crippen LogP contribution in [0.5, 0.6) is 0 Å². The fraction of sp³-hybridized carbons (Fsp3) is 0.276. The van der Waals surface area contributed by atoms with Crippen LogP contribution in [0.1, 0.15) is 40.2 Å². The third-order valence-electron chi connectivity index (χ3n) is 8.00. The Kier molecular flexibility index (Phi) is 4.87. The number of nitrogens with one attached hydrogen (secondary N) is 1. The topological polar surface area (TPSA) is 66.5 Å². The molecule has 0 spiro atoms. The first kappa shape index (κ1) is 20.8. The number of imide groups is 1. The quantitative estimate of drug-likeness (QED) is 0.557. The molecule has 2 aliphatic carbocycles. The van der Waals surface area contributed by atoms with Crippen LogP contribution in [0.25, 0.3) is 0 Å². The van der Waals surface area contributed by atoms with Gasteiger partial charge in [0, 0.05) is 11.3 Å². The van der Waals surface area contributed by atoms with Crippen molar-refractivity contribution in [2.45, 2.75) is 25.7 Å². The highest BCUT2D eigenvalue weighted by atomic mass is 16.2. The number of rotatable bonds is 4. The summed E-state index contributed by atoms with van der Waals surface area (Å²) in [6.45, 7) is 1.93. The first-order chi connectivity index (χ1) is 16.5. The van der Waals surface area contributed by atoms with E-state index < -0.39 is 0 Å². The van der Waals surface area contributed by atoms with Crippen molar-refractivity contribution in [3.05, 3.63) is 95.6 Å². The van der Waals surface area contributed by atoms with Gasteiger partial charge in [0.25, 0.3) is 5.91 Å². The molecule has 5 heteroatoms. The normalized spacial score (nSPS) is 27.2. The number of nitrogens with zero attached hydrogens (tertiary/aromatic N) is 1. The van der Waals surface area contributed by atoms with Gasteiger partial charge in [0.1, 0.15) is 0 Å². The average Bonchev–Trinajstić information content (AvgIpc) is 3.52. The van der Waals surface area contributed by atoms with Gasteiger partial charge in [-0.05, 0) is 72.9 Å². The van der Waals surface area contributed by atoms with Crippen LogP contribution in [0, 0.1) is 30.6 Å². The van der Waals surface area contributed by atoms with Crippen LogP contribution in [-0.2, 0) is 9.59 Å². The van der Waals surface area contributed by atoms with Crippen LogP contribution in [-0.4, -0.2) is 17.7 Å². The van der Waals surface area contributed by atoms with Crippen molar-refractivity contribution >= 4 is 29.1 Å². The monoisotopic (exact) mass is 450 g/mol. The first-order valence-corrected chi connectivity index (χ1v) is 11.9. The second kappa shape index (κ2) is 7.94. The first-order valence-electron chi connectivity index (χ1n) is 11.9. The summed E-state index contributed by atoms with van der Waals surface area (Å²) in [6, 6.07) is 24.8. The highest BCUT2D eigenvalue weighted by Gasteiger charge is 2.64. The van der Waals surface area contributed by atoms with Crippen molar-refractivity contribution in [2.75, 3.05) is 10.2 Å². The lowest BCUT2D eigenvalue weighted by Gasteiger charge is -2.28. The number of para-hydroxylation sites is 1. The number of anilines is 2. The van der Waals surface area contributed by atoms with Crippen molar-refractivity contribution < 1.29 is 14.4 Å². The number of carbonyl (C=O) groups excluding carboxylic acids is 3. The second-order valence-corrected chi connectivity index (χ2v) is 9.80. The molecule has 0 aromatic heterocycles. The molecular weight excluding hydrogens is 424 g/mol. The van der Waals surface area contributed by atoms with Crippen LogP contribution in [0.2, 0.25) is 0 Å². The Bertz CT molecular complexity index is 1300. The molecule has 3 aliphatic rings. The minimum Gasteiger partial charge on any atom is -0.322 e. The molecule has 3 aromatic rings. The number of hydrogen-bond donors (Lipinski definition) is 1. The Hall–Kier alpha value is -3.73. The van der Waals surface area contributed by atoms with Crippen molar-refractivity contribution in [2.24, 2.45) is 23.7 Å². The highest BCUT2D eigenvalue weighted by Crippen LogP contribution is 2.61. The lowest BCUT2D eigenvalue weighted by atomic mass is 9.73. The van der Waals surface area contributed by atoms with E-state index in [2.05, 4.69) is 17.4 Å². The molecule has 0 unspecified atom stereocenters. The Labute approximate surface area is 198 Å². The summed E-state index contributed by atoms with van der Waals surface area (Å²) < 4.78 is 0. The molecule has 3 amide bonds. The molecule has 1 heterocycles. The van der Waals surface area contributed by atoms with E-state index >= 15 is 0 Å². The van der Waals surface area contributed by atoms with Crippen LogP contribution in [0.3, 0.4) is 0 Å². The summed E-state index contributed by atoms with van der Waals surface area (Å²) in [5.74, 6) is -0.205. The van der Waals surface area contributed by atoms with E-state index in [1.165, 1.54) is 10.5 Å². The van der Waals surface area contributed by atoms with Crippen molar-refractivity contribution in [3.8, 4) is 0 Å². The third-order valence-corrected chi connectivity index (χ3v) is 8.00. The minimum absolute atomic E-state index is 0.106. The highest BCUT2D eigenvalue weighted by molar-refractivity contribution is 6.23. The number of amides is 3. The van der Waals surface area contributed by atoms with Gasteiger partial charge < -0.3 is 5.32 Å². The standard InChI is InChI=1S/C29H26N2O3/c1-17-8-5-6-13-24(17)30-27(32)19-11-7-12-21(14-19)31-28(33)25-20-15-22(18-9-3-2-4-10-18)23(16-20)26(25)29(31)34/h2-14,20,22-23,25-26H,15-16H2,1H3,(H,30,32)/t20-,22-,23+,25+,26+/m1/s1. The molecule has 5 atom stereocenters. The smallest absolute Gasteiger partial charge is 0.255 e. The van der Waals surface area contributed by atoms with E-state index in [-0.39, 0.29) is 41.4 Å². The Morgan fingerprint density at radius 1 is 0.853 bits per heavy atom. The zero-order valence-corrected chi connectivity index (χ0v) is 19.0. The molecule has 34 heavy (non-hydrogen) atoms. The SMILES string of the molecule is Cc1ccccc1NC(=O)c1cccc(N2C(=O)[C@H]3[C@H]4C[C@H]([C@@H]3C2=O)[C@@H](c2ccccc2)C4)c1. The molecule has 1 saturated heterocycles. The van der Waals surface area contributed by atoms with Crippen molar-refractivity contribution in [1.29, 1.82) is 0 Å². The van der Waals surface area contributed by atoms with Crippen molar-refractivity contribution in [3.63, 3.8) is 0 Å². The number of fused-ring (bicyclic) bond motifs is 5. The van der Waals surface area contributed by atoms with Crippen LogP contribution >= 0.6 is 0 Å². The number of aryl methyl sites for hydroxylation is 1. The Morgan fingerprint density at radius 2 is 1.59 bits per heavy atom. The summed E-state index contributed by atoms with van der Waals surface area (Å²) in [6.07, 6.45) is 1.90. The number of hydrogen-bond acceptors (Lipinski definition) is 3. The summed E-state index contributed by atoms with van der Waals surface area (Å²) in [5, 5.41) is 2.93. The summed E-state index contributed by atoms with van der Waals surface area (Å²) >= 11 is 0. The lowest BCUT2D eigenvalue weighted by molar-refractivity contribution is -0.123. The van der Waals surface area contributed by atoms with Gasteiger partial charge in [-0.3, -0.25) is 19.3 Å². The summed E-state index contributed by atoms with van der Waals surface area (Å²) in [5.41, 5.74) is 3.88. The maximum atomic E-state index is 13.6. The molecule has 170 valence electrons. The van der Waals surface area contributed by atoms with E-state index in [4.69, 9.17) is 0 Å². The fourth-order valence-corrected chi connectivity index (χ4v) is 6.49. The average molecular weight is 451 g/mol.